The molecule has 180 valence electrons. The number of methoxy groups -OCH3 is 1. The smallest absolute Gasteiger partial charge is 0.236 e. The van der Waals surface area contributed by atoms with Crippen molar-refractivity contribution in [1.29, 1.82) is 0 Å². The van der Waals surface area contributed by atoms with Crippen LogP contribution in [0.5, 0.6) is 5.75 Å². The number of allylic oxidation sites excluding steroid dienone is 1. The lowest BCUT2D eigenvalue weighted by atomic mass is 10.2. The van der Waals surface area contributed by atoms with Crippen LogP contribution in [0.2, 0.25) is 15.1 Å². The summed E-state index contributed by atoms with van der Waals surface area (Å²) < 4.78 is 7.30. The number of amides is 1. The molecular formula is C23H18Cl3N5O2S2. The van der Waals surface area contributed by atoms with Crippen LogP contribution in [0.4, 0.5) is 5.13 Å². The van der Waals surface area contributed by atoms with E-state index in [1.807, 2.05) is 9.95 Å². The zero-order valence-electron chi connectivity index (χ0n) is 18.3. The lowest BCUT2D eigenvalue weighted by molar-refractivity contribution is -0.113. The second kappa shape index (κ2) is 11.5. The molecule has 0 atom stereocenters. The van der Waals surface area contributed by atoms with Crippen molar-refractivity contribution < 1.29 is 9.53 Å². The Balaban J connectivity index is 1.47. The van der Waals surface area contributed by atoms with Gasteiger partial charge in [0, 0.05) is 27.5 Å². The maximum Gasteiger partial charge on any atom is 0.236 e. The molecule has 0 aliphatic carbocycles. The Morgan fingerprint density at radius 2 is 1.94 bits per heavy atom. The molecule has 0 saturated heterocycles. The van der Waals surface area contributed by atoms with Gasteiger partial charge in [-0.2, -0.15) is 0 Å². The van der Waals surface area contributed by atoms with Crippen molar-refractivity contribution in [1.82, 2.24) is 19.7 Å². The molecule has 0 saturated carbocycles. The highest BCUT2D eigenvalue weighted by molar-refractivity contribution is 7.99. The van der Waals surface area contributed by atoms with Crippen molar-refractivity contribution in [2.45, 2.75) is 11.7 Å². The minimum Gasteiger partial charge on any atom is -0.496 e. The van der Waals surface area contributed by atoms with Gasteiger partial charge in [-0.15, -0.1) is 28.1 Å². The molecule has 0 unspecified atom stereocenters. The standard InChI is InChI=1S/C23H18Cl3N5O2S2/c1-3-8-31-21(16-9-13(24)5-7-19(16)33-2)29-30-23(31)35-12-20(32)28-22-27-18(11-34-22)15-6-4-14(25)10-17(15)26/h3-7,9-11H,1,8,12H2,2H3,(H,27,28,32). The van der Waals surface area contributed by atoms with Crippen molar-refractivity contribution >= 4 is 68.9 Å². The summed E-state index contributed by atoms with van der Waals surface area (Å²) in [6.07, 6.45) is 1.73. The van der Waals surface area contributed by atoms with Gasteiger partial charge in [-0.05, 0) is 36.4 Å². The van der Waals surface area contributed by atoms with Crippen molar-refractivity contribution in [3.63, 3.8) is 0 Å². The number of hydrogen-bond acceptors (Lipinski definition) is 7. The molecule has 2 aromatic carbocycles. The molecule has 2 heterocycles. The molecule has 0 aliphatic heterocycles. The van der Waals surface area contributed by atoms with E-state index in [1.54, 1.807) is 49.6 Å². The molecule has 0 spiro atoms. The average Bonchev–Trinajstić information content (AvgIpc) is 3.45. The quantitative estimate of drug-likeness (QED) is 0.174. The molecule has 1 N–H and O–H groups in total. The van der Waals surface area contributed by atoms with Crippen molar-refractivity contribution in [3.8, 4) is 28.4 Å². The molecule has 4 rings (SSSR count). The van der Waals surface area contributed by atoms with Gasteiger partial charge in [-0.25, -0.2) is 4.98 Å². The predicted molar refractivity (Wildman–Crippen MR) is 144 cm³/mol. The van der Waals surface area contributed by atoms with E-state index in [9.17, 15) is 4.79 Å². The highest BCUT2D eigenvalue weighted by atomic mass is 35.5. The number of nitrogens with zero attached hydrogens (tertiary/aromatic N) is 4. The van der Waals surface area contributed by atoms with Gasteiger partial charge in [0.15, 0.2) is 16.1 Å². The van der Waals surface area contributed by atoms with Crippen molar-refractivity contribution in [2.24, 2.45) is 0 Å². The number of rotatable bonds is 9. The van der Waals surface area contributed by atoms with Gasteiger partial charge in [0.05, 0.1) is 29.1 Å². The summed E-state index contributed by atoms with van der Waals surface area (Å²) in [5, 5.41) is 15.8. The van der Waals surface area contributed by atoms with Crippen LogP contribution in [0.1, 0.15) is 0 Å². The predicted octanol–water partition coefficient (Wildman–Crippen LogP) is 6.95. The molecular weight excluding hydrogens is 549 g/mol. The number of carbonyl (C=O) groups is 1. The van der Waals surface area contributed by atoms with E-state index in [0.717, 1.165) is 5.56 Å². The largest absolute Gasteiger partial charge is 0.496 e. The number of nitrogens with one attached hydrogen (secondary N) is 1. The van der Waals surface area contributed by atoms with Gasteiger partial charge in [0.25, 0.3) is 0 Å². The van der Waals surface area contributed by atoms with Gasteiger partial charge < -0.3 is 10.1 Å². The lowest BCUT2D eigenvalue weighted by Gasteiger charge is -2.11. The summed E-state index contributed by atoms with van der Waals surface area (Å²) in [6.45, 7) is 4.26. The normalized spacial score (nSPS) is 10.9. The second-order valence-electron chi connectivity index (χ2n) is 7.05. The van der Waals surface area contributed by atoms with Crippen LogP contribution in [0.3, 0.4) is 0 Å². The fourth-order valence-electron chi connectivity index (χ4n) is 3.18. The van der Waals surface area contributed by atoms with Crippen LogP contribution in [-0.4, -0.2) is 38.5 Å². The number of anilines is 1. The van der Waals surface area contributed by atoms with Gasteiger partial charge in [0.2, 0.25) is 5.91 Å². The fourth-order valence-corrected chi connectivity index (χ4v) is 5.33. The first-order chi connectivity index (χ1) is 16.9. The summed E-state index contributed by atoms with van der Waals surface area (Å²) in [5.74, 6) is 1.06. The Morgan fingerprint density at radius 1 is 1.17 bits per heavy atom. The Hall–Kier alpha value is -2.56. The van der Waals surface area contributed by atoms with E-state index in [-0.39, 0.29) is 11.7 Å². The van der Waals surface area contributed by atoms with Crippen LogP contribution in [0, 0.1) is 0 Å². The first kappa shape index (κ1) is 25.5. The summed E-state index contributed by atoms with van der Waals surface area (Å²) in [4.78, 5) is 17.1. The topological polar surface area (TPSA) is 81.9 Å². The Bertz CT molecular complexity index is 1390. The molecule has 35 heavy (non-hydrogen) atoms. The number of ether oxygens (including phenoxy) is 1. The third kappa shape index (κ3) is 5.99. The maximum absolute atomic E-state index is 12.6. The summed E-state index contributed by atoms with van der Waals surface area (Å²) in [5.41, 5.74) is 2.09. The van der Waals surface area contributed by atoms with Crippen LogP contribution < -0.4 is 10.1 Å². The zero-order chi connectivity index (χ0) is 24.9. The highest BCUT2D eigenvalue weighted by Gasteiger charge is 2.19. The average molecular weight is 567 g/mol. The molecule has 1 amide bonds. The van der Waals surface area contributed by atoms with E-state index in [4.69, 9.17) is 39.5 Å². The first-order valence-corrected chi connectivity index (χ1v) is 13.1. The Kier molecular flexibility index (Phi) is 8.35. The number of benzene rings is 2. The number of thiazole rings is 1. The fraction of sp³-hybridized carbons (Fsp3) is 0.130. The van der Waals surface area contributed by atoms with Crippen molar-refractivity contribution in [2.75, 3.05) is 18.2 Å². The molecule has 7 nitrogen and oxygen atoms in total. The number of hydrogen-bond donors (Lipinski definition) is 1. The summed E-state index contributed by atoms with van der Waals surface area (Å²) >= 11 is 21.0. The number of carbonyl (C=O) groups excluding carboxylic acids is 1. The Labute approximate surface area is 225 Å². The first-order valence-electron chi connectivity index (χ1n) is 10.1. The third-order valence-electron chi connectivity index (χ3n) is 4.72. The van der Waals surface area contributed by atoms with E-state index < -0.39 is 0 Å². The molecule has 0 fully saturated rings. The zero-order valence-corrected chi connectivity index (χ0v) is 22.2. The Morgan fingerprint density at radius 3 is 2.69 bits per heavy atom. The summed E-state index contributed by atoms with van der Waals surface area (Å²) in [7, 11) is 1.58. The van der Waals surface area contributed by atoms with E-state index in [1.165, 1.54) is 23.1 Å². The van der Waals surface area contributed by atoms with Gasteiger partial charge in [0.1, 0.15) is 5.75 Å². The lowest BCUT2D eigenvalue weighted by Crippen LogP contribution is -2.14. The van der Waals surface area contributed by atoms with Gasteiger partial charge in [-0.3, -0.25) is 9.36 Å². The number of halogens is 3. The SMILES string of the molecule is C=CCn1c(SCC(=O)Nc2nc(-c3ccc(Cl)cc3Cl)cs2)nnc1-c1cc(Cl)ccc1OC. The minimum absolute atomic E-state index is 0.110. The van der Waals surface area contributed by atoms with Crippen LogP contribution in [0.25, 0.3) is 22.6 Å². The third-order valence-corrected chi connectivity index (χ3v) is 7.23. The highest BCUT2D eigenvalue weighted by Crippen LogP contribution is 2.34. The minimum atomic E-state index is -0.229. The maximum atomic E-state index is 12.6. The monoisotopic (exact) mass is 565 g/mol. The molecule has 12 heteroatoms. The number of aromatic nitrogens is 4. The van der Waals surface area contributed by atoms with E-state index in [0.29, 0.717) is 54.7 Å². The van der Waals surface area contributed by atoms with E-state index >= 15 is 0 Å². The molecule has 2 aromatic heterocycles. The molecule has 0 radical (unpaired) electrons. The van der Waals surface area contributed by atoms with Crippen LogP contribution in [0.15, 0.2) is 59.6 Å². The van der Waals surface area contributed by atoms with Gasteiger partial charge in [-0.1, -0.05) is 52.6 Å². The molecule has 4 aromatic rings. The molecule has 0 aliphatic rings. The summed E-state index contributed by atoms with van der Waals surface area (Å²) in [6, 6.07) is 10.5. The van der Waals surface area contributed by atoms with Crippen LogP contribution in [-0.2, 0) is 11.3 Å². The van der Waals surface area contributed by atoms with Crippen LogP contribution >= 0.6 is 57.9 Å². The second-order valence-corrected chi connectivity index (χ2v) is 10.1. The van der Waals surface area contributed by atoms with E-state index in [2.05, 4.69) is 27.1 Å². The van der Waals surface area contributed by atoms with Crippen molar-refractivity contribution in [3.05, 3.63) is 69.5 Å². The number of thioether (sulfide) groups is 1. The van der Waals surface area contributed by atoms with Gasteiger partial charge >= 0.3 is 0 Å². The molecule has 0 bridgehead atoms.